The highest BCUT2D eigenvalue weighted by atomic mass is 35.5. The molecule has 0 amide bonds. The van der Waals surface area contributed by atoms with Crippen LogP contribution in [0.3, 0.4) is 0 Å². The number of hydrogen-bond donors (Lipinski definition) is 1. The maximum Gasteiger partial charge on any atom is 0.269 e. The summed E-state index contributed by atoms with van der Waals surface area (Å²) < 4.78 is 0. The van der Waals surface area contributed by atoms with E-state index in [2.05, 4.69) is 12.2 Å². The second-order valence-corrected chi connectivity index (χ2v) is 4.19. The zero-order valence-corrected chi connectivity index (χ0v) is 10.6. The molecule has 1 aliphatic rings. The van der Waals surface area contributed by atoms with E-state index in [4.69, 9.17) is 0 Å². The summed E-state index contributed by atoms with van der Waals surface area (Å²) in [6.07, 6.45) is 3.08. The lowest BCUT2D eigenvalue weighted by atomic mass is 9.91. The van der Waals surface area contributed by atoms with Gasteiger partial charge in [0, 0.05) is 18.2 Å². The number of nitrogens with zero attached hydrogens (tertiary/aromatic N) is 1. The van der Waals surface area contributed by atoms with Gasteiger partial charge >= 0.3 is 0 Å². The van der Waals surface area contributed by atoms with Crippen molar-refractivity contribution in [3.8, 4) is 0 Å². The lowest BCUT2D eigenvalue weighted by Crippen LogP contribution is -2.29. The van der Waals surface area contributed by atoms with Crippen molar-refractivity contribution in [2.45, 2.75) is 32.2 Å². The van der Waals surface area contributed by atoms with E-state index in [0.717, 1.165) is 31.4 Å². The molecule has 0 radical (unpaired) electrons. The molecule has 0 aromatic heterocycles. The third kappa shape index (κ3) is 2.96. The molecular formula is C12H17ClN2O2. The van der Waals surface area contributed by atoms with Crippen molar-refractivity contribution in [3.63, 3.8) is 0 Å². The molecule has 17 heavy (non-hydrogen) atoms. The first-order valence-corrected chi connectivity index (χ1v) is 5.73. The van der Waals surface area contributed by atoms with E-state index in [0.29, 0.717) is 0 Å². The van der Waals surface area contributed by atoms with Crippen molar-refractivity contribution in [2.75, 3.05) is 6.54 Å². The van der Waals surface area contributed by atoms with Crippen molar-refractivity contribution in [2.24, 2.45) is 0 Å². The summed E-state index contributed by atoms with van der Waals surface area (Å²) in [4.78, 5) is 10.4. The van der Waals surface area contributed by atoms with Gasteiger partial charge in [0.25, 0.3) is 5.69 Å². The Hall–Kier alpha value is -1.13. The fourth-order valence-corrected chi connectivity index (χ4v) is 2.29. The summed E-state index contributed by atoms with van der Waals surface area (Å²) >= 11 is 0. The summed E-state index contributed by atoms with van der Waals surface area (Å²) in [5.74, 6) is 0. The second kappa shape index (κ2) is 5.98. The van der Waals surface area contributed by atoms with Crippen molar-refractivity contribution in [1.82, 2.24) is 5.32 Å². The predicted molar refractivity (Wildman–Crippen MR) is 69.7 cm³/mol. The maximum atomic E-state index is 10.7. The van der Waals surface area contributed by atoms with E-state index in [1.807, 2.05) is 6.07 Å². The highest BCUT2D eigenvalue weighted by Crippen LogP contribution is 2.29. The van der Waals surface area contributed by atoms with E-state index in [1.54, 1.807) is 12.1 Å². The molecule has 2 rings (SSSR count). The Morgan fingerprint density at radius 3 is 2.94 bits per heavy atom. The number of fused-ring (bicyclic) bond motifs is 1. The van der Waals surface area contributed by atoms with Gasteiger partial charge in [0.2, 0.25) is 0 Å². The number of halogens is 1. The summed E-state index contributed by atoms with van der Waals surface area (Å²) in [5, 5.41) is 14.2. The minimum Gasteiger partial charge on any atom is -0.310 e. The normalized spacial score (nSPS) is 18.1. The molecule has 0 bridgehead atoms. The first kappa shape index (κ1) is 13.9. The highest BCUT2D eigenvalue weighted by molar-refractivity contribution is 5.85. The fourth-order valence-electron chi connectivity index (χ4n) is 2.29. The first-order valence-electron chi connectivity index (χ1n) is 5.73. The minimum absolute atomic E-state index is 0. The van der Waals surface area contributed by atoms with Gasteiger partial charge in [-0.25, -0.2) is 0 Å². The van der Waals surface area contributed by atoms with Crippen LogP contribution in [0.1, 0.15) is 36.9 Å². The Labute approximate surface area is 107 Å². The van der Waals surface area contributed by atoms with Gasteiger partial charge in [0.1, 0.15) is 0 Å². The van der Waals surface area contributed by atoms with Crippen LogP contribution in [0.2, 0.25) is 0 Å². The number of rotatable bonds is 3. The van der Waals surface area contributed by atoms with Crippen molar-refractivity contribution < 1.29 is 4.92 Å². The lowest BCUT2D eigenvalue weighted by Gasteiger charge is -2.26. The smallest absolute Gasteiger partial charge is 0.269 e. The first-order chi connectivity index (χ1) is 7.72. The minimum atomic E-state index is -0.322. The van der Waals surface area contributed by atoms with Crippen LogP contribution >= 0.6 is 12.4 Å². The number of non-ortho nitro benzene ring substituents is 1. The molecule has 5 heteroatoms. The Bertz CT molecular complexity index is 409. The molecule has 1 aliphatic heterocycles. The van der Waals surface area contributed by atoms with Crippen molar-refractivity contribution in [1.29, 1.82) is 0 Å². The zero-order chi connectivity index (χ0) is 11.5. The molecule has 0 aliphatic carbocycles. The number of nitro groups is 1. The Balaban J connectivity index is 0.00000144. The van der Waals surface area contributed by atoms with Crippen LogP contribution in [0.25, 0.3) is 0 Å². The zero-order valence-electron chi connectivity index (χ0n) is 9.81. The van der Waals surface area contributed by atoms with Gasteiger partial charge in [-0.05, 0) is 30.5 Å². The van der Waals surface area contributed by atoms with Gasteiger partial charge in [-0.1, -0.05) is 19.4 Å². The van der Waals surface area contributed by atoms with Crippen molar-refractivity contribution in [3.05, 3.63) is 39.4 Å². The van der Waals surface area contributed by atoms with Gasteiger partial charge in [-0.15, -0.1) is 12.4 Å². The lowest BCUT2D eigenvalue weighted by molar-refractivity contribution is -0.385. The van der Waals surface area contributed by atoms with E-state index >= 15 is 0 Å². The van der Waals surface area contributed by atoms with Crippen LogP contribution in [-0.4, -0.2) is 11.5 Å². The fraction of sp³-hybridized carbons (Fsp3) is 0.500. The number of nitrogens with one attached hydrogen (secondary N) is 1. The van der Waals surface area contributed by atoms with Gasteiger partial charge in [-0.2, -0.15) is 0 Å². The van der Waals surface area contributed by atoms with Gasteiger partial charge < -0.3 is 5.32 Å². The second-order valence-electron chi connectivity index (χ2n) is 4.19. The number of benzene rings is 1. The van der Waals surface area contributed by atoms with Gasteiger partial charge in [0.05, 0.1) is 4.92 Å². The molecule has 1 heterocycles. The third-order valence-electron chi connectivity index (χ3n) is 3.08. The van der Waals surface area contributed by atoms with Crippen LogP contribution in [0.4, 0.5) is 5.69 Å². The quantitative estimate of drug-likeness (QED) is 0.668. The number of nitro benzene ring substituents is 1. The molecule has 1 unspecified atom stereocenters. The SMILES string of the molecule is CCCC1NCCc2ccc([N+](=O)[O-])cc21.Cl. The van der Waals surface area contributed by atoms with Crippen LogP contribution in [0.15, 0.2) is 18.2 Å². The molecule has 0 fully saturated rings. The van der Waals surface area contributed by atoms with Gasteiger partial charge in [-0.3, -0.25) is 10.1 Å². The molecule has 0 saturated carbocycles. The molecule has 4 nitrogen and oxygen atoms in total. The van der Waals surface area contributed by atoms with E-state index in [-0.39, 0.29) is 29.1 Å². The summed E-state index contributed by atoms with van der Waals surface area (Å²) in [7, 11) is 0. The van der Waals surface area contributed by atoms with Crippen LogP contribution < -0.4 is 5.32 Å². The molecular weight excluding hydrogens is 240 g/mol. The highest BCUT2D eigenvalue weighted by Gasteiger charge is 2.21. The third-order valence-corrected chi connectivity index (χ3v) is 3.08. The van der Waals surface area contributed by atoms with Gasteiger partial charge in [0.15, 0.2) is 0 Å². The molecule has 0 saturated heterocycles. The monoisotopic (exact) mass is 256 g/mol. The van der Waals surface area contributed by atoms with Crippen LogP contribution in [-0.2, 0) is 6.42 Å². The number of hydrogen-bond acceptors (Lipinski definition) is 3. The summed E-state index contributed by atoms with van der Waals surface area (Å²) in [6.45, 7) is 3.10. The largest absolute Gasteiger partial charge is 0.310 e. The standard InChI is InChI=1S/C12H16N2O2.ClH/c1-2-3-12-11-8-10(14(15)16)5-4-9(11)6-7-13-12;/h4-5,8,12-13H,2-3,6-7H2,1H3;1H. The van der Waals surface area contributed by atoms with Crippen LogP contribution in [0, 0.1) is 10.1 Å². The summed E-state index contributed by atoms with van der Waals surface area (Å²) in [6, 6.07) is 5.51. The molecule has 1 aromatic rings. The Morgan fingerprint density at radius 1 is 1.53 bits per heavy atom. The average Bonchev–Trinajstić information content (AvgIpc) is 2.29. The van der Waals surface area contributed by atoms with Crippen LogP contribution in [0.5, 0.6) is 0 Å². The molecule has 0 spiro atoms. The Kier molecular flexibility index (Phi) is 4.90. The molecule has 1 atom stereocenters. The molecule has 94 valence electrons. The van der Waals surface area contributed by atoms with E-state index in [9.17, 15) is 10.1 Å². The maximum absolute atomic E-state index is 10.7. The topological polar surface area (TPSA) is 55.2 Å². The molecule has 1 aromatic carbocycles. The average molecular weight is 257 g/mol. The van der Waals surface area contributed by atoms with E-state index < -0.39 is 0 Å². The van der Waals surface area contributed by atoms with E-state index in [1.165, 1.54) is 5.56 Å². The molecule has 1 N–H and O–H groups in total. The summed E-state index contributed by atoms with van der Waals surface area (Å²) in [5.41, 5.74) is 2.56. The Morgan fingerprint density at radius 2 is 2.29 bits per heavy atom. The van der Waals surface area contributed by atoms with Crippen molar-refractivity contribution >= 4 is 18.1 Å². The predicted octanol–water partition coefficient (Wildman–Crippen LogP) is 3.00.